The van der Waals surface area contributed by atoms with E-state index in [2.05, 4.69) is 78.4 Å². The highest BCUT2D eigenvalue weighted by molar-refractivity contribution is 5.74. The summed E-state index contributed by atoms with van der Waals surface area (Å²) in [5.74, 6) is 1.02. The van der Waals surface area contributed by atoms with Gasteiger partial charge in [0.15, 0.2) is 12.7 Å². The SMILES string of the molecule is CCCCCCCCCCCCOc1ccccc1C[n+]1cccc2ccccc21.[Cl-]. The van der Waals surface area contributed by atoms with Crippen LogP contribution >= 0.6 is 0 Å². The molecule has 0 aliphatic rings. The number of aromatic nitrogens is 1. The van der Waals surface area contributed by atoms with Crippen molar-refractivity contribution in [2.75, 3.05) is 6.61 Å². The van der Waals surface area contributed by atoms with Crippen molar-refractivity contribution in [2.24, 2.45) is 0 Å². The van der Waals surface area contributed by atoms with Gasteiger partial charge >= 0.3 is 0 Å². The standard InChI is InChI=1S/C28H38NO.ClH/c1-2-3-4-5-6-7-8-9-10-15-23-30-28-21-14-12-18-26(28)24-29-22-16-19-25-17-11-13-20-27(25)29;/h11-14,16-22H,2-10,15,23-24H2,1H3;1H/q+1;/p-1. The highest BCUT2D eigenvalue weighted by Gasteiger charge is 2.12. The number of para-hydroxylation sites is 2. The summed E-state index contributed by atoms with van der Waals surface area (Å²) in [5.41, 5.74) is 2.50. The van der Waals surface area contributed by atoms with E-state index in [0.29, 0.717) is 0 Å². The molecule has 3 aromatic rings. The van der Waals surface area contributed by atoms with E-state index in [9.17, 15) is 0 Å². The molecule has 0 bridgehead atoms. The van der Waals surface area contributed by atoms with Crippen LogP contribution in [0.15, 0.2) is 66.9 Å². The van der Waals surface area contributed by atoms with Crippen molar-refractivity contribution >= 4 is 10.9 Å². The predicted molar refractivity (Wildman–Crippen MR) is 127 cm³/mol. The van der Waals surface area contributed by atoms with Crippen LogP contribution in [-0.4, -0.2) is 6.61 Å². The summed E-state index contributed by atoms with van der Waals surface area (Å²) in [6.45, 7) is 3.92. The Morgan fingerprint density at radius 1 is 0.677 bits per heavy atom. The maximum absolute atomic E-state index is 6.18. The highest BCUT2D eigenvalue weighted by atomic mass is 35.5. The van der Waals surface area contributed by atoms with Gasteiger partial charge < -0.3 is 17.1 Å². The van der Waals surface area contributed by atoms with Gasteiger partial charge in [-0.3, -0.25) is 0 Å². The molecule has 0 radical (unpaired) electrons. The molecule has 0 aliphatic heterocycles. The summed E-state index contributed by atoms with van der Waals surface area (Å²) in [7, 11) is 0. The topological polar surface area (TPSA) is 13.1 Å². The van der Waals surface area contributed by atoms with Gasteiger partial charge in [-0.2, -0.15) is 4.57 Å². The number of hydrogen-bond donors (Lipinski definition) is 0. The Morgan fingerprint density at radius 3 is 2.06 bits per heavy atom. The van der Waals surface area contributed by atoms with E-state index in [0.717, 1.165) is 25.3 Å². The Balaban J connectivity index is 0.00000341. The summed E-state index contributed by atoms with van der Waals surface area (Å²) < 4.78 is 8.48. The largest absolute Gasteiger partial charge is 1.00 e. The van der Waals surface area contributed by atoms with Crippen LogP contribution in [0.4, 0.5) is 0 Å². The monoisotopic (exact) mass is 439 g/mol. The molecule has 0 atom stereocenters. The molecule has 0 unspecified atom stereocenters. The number of hydrogen-bond acceptors (Lipinski definition) is 1. The molecule has 0 saturated heterocycles. The van der Waals surface area contributed by atoms with Crippen LogP contribution in [0.25, 0.3) is 10.9 Å². The molecule has 168 valence electrons. The predicted octanol–water partition coefficient (Wildman–Crippen LogP) is 4.48. The van der Waals surface area contributed by atoms with Crippen LogP contribution < -0.4 is 21.7 Å². The normalized spacial score (nSPS) is 10.7. The summed E-state index contributed by atoms with van der Waals surface area (Å²) in [4.78, 5) is 0. The molecule has 0 saturated carbocycles. The number of ether oxygens (including phenoxy) is 1. The minimum absolute atomic E-state index is 0. The van der Waals surface area contributed by atoms with E-state index in [1.807, 2.05) is 0 Å². The van der Waals surface area contributed by atoms with Crippen molar-refractivity contribution in [3.63, 3.8) is 0 Å². The fourth-order valence-electron chi connectivity index (χ4n) is 4.09. The molecule has 1 aromatic heterocycles. The number of pyridine rings is 1. The number of benzene rings is 2. The average Bonchev–Trinajstić information content (AvgIpc) is 2.79. The van der Waals surface area contributed by atoms with Gasteiger partial charge in [0.05, 0.1) is 12.2 Å². The van der Waals surface area contributed by atoms with E-state index in [1.54, 1.807) is 0 Å². The van der Waals surface area contributed by atoms with Gasteiger partial charge in [0.1, 0.15) is 5.75 Å². The van der Waals surface area contributed by atoms with Crippen molar-refractivity contribution in [3.05, 3.63) is 72.4 Å². The zero-order valence-electron chi connectivity index (χ0n) is 19.1. The number of fused-ring (bicyclic) bond motifs is 1. The third-order valence-corrected chi connectivity index (χ3v) is 5.86. The van der Waals surface area contributed by atoms with Crippen LogP contribution in [-0.2, 0) is 6.54 Å². The van der Waals surface area contributed by atoms with E-state index in [4.69, 9.17) is 4.74 Å². The second kappa shape index (κ2) is 14.9. The number of rotatable bonds is 14. The fraction of sp³-hybridized carbons (Fsp3) is 0.464. The molecule has 3 heteroatoms. The minimum Gasteiger partial charge on any atom is -1.00 e. The highest BCUT2D eigenvalue weighted by Crippen LogP contribution is 2.19. The Bertz CT molecular complexity index is 874. The quantitative estimate of drug-likeness (QED) is 0.266. The van der Waals surface area contributed by atoms with Gasteiger partial charge in [-0.15, -0.1) is 0 Å². The first-order valence-electron chi connectivity index (χ1n) is 12.0. The maximum Gasteiger partial charge on any atom is 0.212 e. The third kappa shape index (κ3) is 8.53. The molecule has 0 fully saturated rings. The first-order chi connectivity index (χ1) is 14.9. The maximum atomic E-state index is 6.18. The van der Waals surface area contributed by atoms with E-state index >= 15 is 0 Å². The molecule has 0 spiro atoms. The Labute approximate surface area is 195 Å². The van der Waals surface area contributed by atoms with Gasteiger partial charge in [0.2, 0.25) is 5.52 Å². The molecule has 0 N–H and O–H groups in total. The summed E-state index contributed by atoms with van der Waals surface area (Å²) >= 11 is 0. The number of halogens is 1. The van der Waals surface area contributed by atoms with Crippen molar-refractivity contribution < 1.29 is 21.7 Å². The number of unbranched alkanes of at least 4 members (excludes halogenated alkanes) is 9. The smallest absolute Gasteiger partial charge is 0.212 e. The Kier molecular flexibility index (Phi) is 12.1. The van der Waals surface area contributed by atoms with E-state index in [-0.39, 0.29) is 12.4 Å². The second-order valence-corrected chi connectivity index (χ2v) is 8.33. The zero-order valence-corrected chi connectivity index (χ0v) is 19.8. The van der Waals surface area contributed by atoms with Gasteiger partial charge in [-0.05, 0) is 30.7 Å². The fourth-order valence-corrected chi connectivity index (χ4v) is 4.09. The minimum atomic E-state index is 0. The molecule has 0 aliphatic carbocycles. The van der Waals surface area contributed by atoms with Gasteiger partial charge in [-0.25, -0.2) is 0 Å². The van der Waals surface area contributed by atoms with Crippen LogP contribution in [0.3, 0.4) is 0 Å². The molecular formula is C28H38ClNO. The van der Waals surface area contributed by atoms with Crippen LogP contribution in [0.5, 0.6) is 5.75 Å². The average molecular weight is 440 g/mol. The summed E-state index contributed by atoms with van der Waals surface area (Å²) in [6, 6.07) is 21.3. The third-order valence-electron chi connectivity index (χ3n) is 5.86. The van der Waals surface area contributed by atoms with E-state index in [1.165, 1.54) is 74.3 Å². The van der Waals surface area contributed by atoms with Gasteiger partial charge in [0, 0.05) is 17.5 Å². The summed E-state index contributed by atoms with van der Waals surface area (Å²) in [6.07, 6.45) is 15.7. The first kappa shape index (κ1) is 25.2. The molecule has 2 nitrogen and oxygen atoms in total. The van der Waals surface area contributed by atoms with Crippen LogP contribution in [0.1, 0.15) is 76.7 Å². The lowest BCUT2D eigenvalue weighted by molar-refractivity contribution is -0.662. The molecule has 3 rings (SSSR count). The second-order valence-electron chi connectivity index (χ2n) is 8.33. The van der Waals surface area contributed by atoms with Crippen molar-refractivity contribution in [3.8, 4) is 5.75 Å². The zero-order chi connectivity index (χ0) is 20.9. The van der Waals surface area contributed by atoms with Crippen LogP contribution in [0, 0.1) is 0 Å². The summed E-state index contributed by atoms with van der Waals surface area (Å²) in [5, 5.41) is 1.27. The lowest BCUT2D eigenvalue weighted by Gasteiger charge is -2.10. The van der Waals surface area contributed by atoms with Crippen molar-refractivity contribution in [1.29, 1.82) is 0 Å². The van der Waals surface area contributed by atoms with Crippen molar-refractivity contribution in [2.45, 2.75) is 77.7 Å². The van der Waals surface area contributed by atoms with Gasteiger partial charge in [0.25, 0.3) is 0 Å². The molecule has 2 aromatic carbocycles. The lowest BCUT2D eigenvalue weighted by Crippen LogP contribution is -3.00. The Hall–Kier alpha value is -2.06. The van der Waals surface area contributed by atoms with Gasteiger partial charge in [-0.1, -0.05) is 89.0 Å². The first-order valence-corrected chi connectivity index (χ1v) is 12.0. The van der Waals surface area contributed by atoms with Crippen LogP contribution in [0.2, 0.25) is 0 Å². The molecule has 1 heterocycles. The Morgan fingerprint density at radius 2 is 1.29 bits per heavy atom. The van der Waals surface area contributed by atoms with Crippen molar-refractivity contribution in [1.82, 2.24) is 0 Å². The van der Waals surface area contributed by atoms with E-state index < -0.39 is 0 Å². The lowest BCUT2D eigenvalue weighted by atomic mass is 10.1. The molecular weight excluding hydrogens is 402 g/mol. The molecule has 0 amide bonds. The molecule has 31 heavy (non-hydrogen) atoms. The number of nitrogens with zero attached hydrogens (tertiary/aromatic N) is 1.